The third-order valence-electron chi connectivity index (χ3n) is 3.89. The van der Waals surface area contributed by atoms with Gasteiger partial charge in [-0.05, 0) is 36.4 Å². The first-order valence-corrected chi connectivity index (χ1v) is 12.2. The van der Waals surface area contributed by atoms with E-state index < -0.39 is 19.7 Å². The van der Waals surface area contributed by atoms with Gasteiger partial charge in [0.25, 0.3) is 0 Å². The second-order valence-corrected chi connectivity index (χ2v) is 10.4. The van der Waals surface area contributed by atoms with Crippen LogP contribution in [0.2, 0.25) is 0 Å². The van der Waals surface area contributed by atoms with Crippen molar-refractivity contribution in [3.8, 4) is 0 Å². The molecule has 1 aromatic carbocycles. The van der Waals surface area contributed by atoms with Gasteiger partial charge in [0, 0.05) is 19.0 Å². The van der Waals surface area contributed by atoms with Gasteiger partial charge in [-0.3, -0.25) is 0 Å². The molecule has 29 heavy (non-hydrogen) atoms. The molecule has 0 radical (unpaired) electrons. The molecule has 0 fully saturated rings. The minimum Gasteiger partial charge on any atom is -0.368 e. The average Bonchev–Trinajstić information content (AvgIpc) is 2.68. The molecule has 2 heterocycles. The van der Waals surface area contributed by atoms with Crippen LogP contribution in [0.1, 0.15) is 0 Å². The number of anilines is 3. The Hall–Kier alpha value is -2.98. The maximum atomic E-state index is 13.1. The normalized spacial score (nSPS) is 11.8. The van der Waals surface area contributed by atoms with Gasteiger partial charge in [-0.1, -0.05) is 24.3 Å². The van der Waals surface area contributed by atoms with E-state index in [1.54, 1.807) is 42.6 Å². The van der Waals surface area contributed by atoms with Gasteiger partial charge < -0.3 is 10.6 Å². The number of rotatable bonds is 8. The molecule has 0 bridgehead atoms. The first-order chi connectivity index (χ1) is 13.8. The van der Waals surface area contributed by atoms with E-state index in [0.29, 0.717) is 11.6 Å². The van der Waals surface area contributed by atoms with Crippen LogP contribution in [0.25, 0.3) is 0 Å². The topological polar surface area (TPSA) is 118 Å². The first-order valence-electron chi connectivity index (χ1n) is 8.66. The molecule has 2 N–H and O–H groups in total. The van der Waals surface area contributed by atoms with E-state index in [-0.39, 0.29) is 27.9 Å². The van der Waals surface area contributed by atoms with Crippen LogP contribution in [-0.2, 0) is 19.7 Å². The van der Waals surface area contributed by atoms with Crippen molar-refractivity contribution in [3.05, 3.63) is 66.9 Å². The minimum absolute atomic E-state index is 0.0240. The summed E-state index contributed by atoms with van der Waals surface area (Å²) in [5, 5.41) is 5.84. The van der Waals surface area contributed by atoms with Crippen molar-refractivity contribution < 1.29 is 16.8 Å². The molecule has 3 rings (SSSR count). The fourth-order valence-electron chi connectivity index (χ4n) is 2.51. The predicted molar refractivity (Wildman–Crippen MR) is 112 cm³/mol. The van der Waals surface area contributed by atoms with Crippen molar-refractivity contribution in [2.45, 2.75) is 9.79 Å². The van der Waals surface area contributed by atoms with Crippen LogP contribution in [0.3, 0.4) is 0 Å². The zero-order valence-electron chi connectivity index (χ0n) is 15.6. The number of nitrogens with one attached hydrogen (secondary N) is 2. The molecule has 0 atom stereocenters. The number of aromatic nitrogens is 2. The van der Waals surface area contributed by atoms with Gasteiger partial charge in [0.15, 0.2) is 0 Å². The molecule has 0 saturated carbocycles. The lowest BCUT2D eigenvalue weighted by molar-refractivity contribution is 0.596. The summed E-state index contributed by atoms with van der Waals surface area (Å²) in [6.07, 6.45) is 2.73. The number of sulfone groups is 2. The SMILES string of the molecule is CS(=O)(=O)CCNc1nc(Nc2ccccn2)ccc1S(=O)(=O)c1ccccc1. The van der Waals surface area contributed by atoms with Gasteiger partial charge in [0.1, 0.15) is 32.2 Å². The van der Waals surface area contributed by atoms with Crippen LogP contribution in [0, 0.1) is 0 Å². The van der Waals surface area contributed by atoms with Gasteiger partial charge >= 0.3 is 0 Å². The highest BCUT2D eigenvalue weighted by Crippen LogP contribution is 2.28. The van der Waals surface area contributed by atoms with Crippen LogP contribution in [0.15, 0.2) is 76.7 Å². The number of hydrogen-bond donors (Lipinski definition) is 2. The number of hydrogen-bond acceptors (Lipinski definition) is 8. The van der Waals surface area contributed by atoms with E-state index in [4.69, 9.17) is 0 Å². The third-order valence-corrected chi connectivity index (χ3v) is 6.63. The van der Waals surface area contributed by atoms with E-state index in [0.717, 1.165) is 6.26 Å². The maximum Gasteiger partial charge on any atom is 0.210 e. The molecule has 0 saturated heterocycles. The lowest BCUT2D eigenvalue weighted by atomic mass is 10.4. The van der Waals surface area contributed by atoms with Crippen molar-refractivity contribution in [1.29, 1.82) is 0 Å². The fourth-order valence-corrected chi connectivity index (χ4v) is 4.37. The van der Waals surface area contributed by atoms with Gasteiger partial charge in [0.2, 0.25) is 9.84 Å². The molecular weight excluding hydrogens is 412 g/mol. The molecule has 152 valence electrons. The van der Waals surface area contributed by atoms with Crippen molar-refractivity contribution >= 4 is 37.1 Å². The summed E-state index contributed by atoms with van der Waals surface area (Å²) in [6.45, 7) is 0.0240. The molecule has 0 amide bonds. The van der Waals surface area contributed by atoms with Gasteiger partial charge in [-0.15, -0.1) is 0 Å². The Morgan fingerprint density at radius 3 is 2.24 bits per heavy atom. The summed E-state index contributed by atoms with van der Waals surface area (Å²) >= 11 is 0. The molecule has 8 nitrogen and oxygen atoms in total. The predicted octanol–water partition coefficient (Wildman–Crippen LogP) is 2.51. The Morgan fingerprint density at radius 2 is 1.59 bits per heavy atom. The van der Waals surface area contributed by atoms with Crippen molar-refractivity contribution in [2.24, 2.45) is 0 Å². The van der Waals surface area contributed by atoms with Crippen molar-refractivity contribution in [2.75, 3.05) is 29.2 Å². The monoisotopic (exact) mass is 432 g/mol. The number of nitrogens with zero attached hydrogens (tertiary/aromatic N) is 2. The lowest BCUT2D eigenvalue weighted by Crippen LogP contribution is -2.17. The second-order valence-electron chi connectivity index (χ2n) is 6.26. The Bertz CT molecular complexity index is 1180. The molecule has 0 spiro atoms. The van der Waals surface area contributed by atoms with E-state index in [9.17, 15) is 16.8 Å². The maximum absolute atomic E-state index is 13.1. The van der Waals surface area contributed by atoms with Crippen LogP contribution < -0.4 is 10.6 Å². The smallest absolute Gasteiger partial charge is 0.210 e. The molecule has 0 aliphatic heterocycles. The highest BCUT2D eigenvalue weighted by molar-refractivity contribution is 7.91. The molecule has 0 unspecified atom stereocenters. The first kappa shape index (κ1) is 20.7. The van der Waals surface area contributed by atoms with E-state index in [1.165, 1.54) is 24.3 Å². The molecule has 10 heteroatoms. The van der Waals surface area contributed by atoms with Crippen molar-refractivity contribution in [1.82, 2.24) is 9.97 Å². The van der Waals surface area contributed by atoms with Gasteiger partial charge in [-0.25, -0.2) is 26.8 Å². The molecule has 0 aliphatic carbocycles. The Balaban J connectivity index is 1.98. The summed E-state index contributed by atoms with van der Waals surface area (Å²) < 4.78 is 49.0. The Labute approximate surface area is 169 Å². The minimum atomic E-state index is -3.84. The highest BCUT2D eigenvalue weighted by Gasteiger charge is 2.23. The largest absolute Gasteiger partial charge is 0.368 e. The lowest BCUT2D eigenvalue weighted by Gasteiger charge is -2.14. The van der Waals surface area contributed by atoms with Gasteiger partial charge in [-0.2, -0.15) is 0 Å². The molecule has 3 aromatic rings. The summed E-state index contributed by atoms with van der Waals surface area (Å²) in [4.78, 5) is 8.58. The van der Waals surface area contributed by atoms with Gasteiger partial charge in [0.05, 0.1) is 10.6 Å². The molecule has 2 aromatic heterocycles. The summed E-state index contributed by atoms with van der Waals surface area (Å²) in [6, 6.07) is 16.3. The zero-order chi connectivity index (χ0) is 20.9. The summed E-state index contributed by atoms with van der Waals surface area (Å²) in [5.41, 5.74) is 0. The highest BCUT2D eigenvalue weighted by atomic mass is 32.2. The Kier molecular flexibility index (Phi) is 6.14. The van der Waals surface area contributed by atoms with E-state index >= 15 is 0 Å². The van der Waals surface area contributed by atoms with E-state index in [2.05, 4.69) is 20.6 Å². The number of benzene rings is 1. The van der Waals surface area contributed by atoms with Crippen LogP contribution in [0.5, 0.6) is 0 Å². The summed E-state index contributed by atoms with van der Waals surface area (Å²) in [5.74, 6) is 0.828. The average molecular weight is 433 g/mol. The standard InChI is InChI=1S/C19H20N4O4S2/c1-28(24,25)14-13-21-19-16(29(26,27)15-7-3-2-4-8-15)10-11-18(23-19)22-17-9-5-6-12-20-17/h2-12H,13-14H2,1H3,(H2,20,21,22,23). The zero-order valence-corrected chi connectivity index (χ0v) is 17.2. The van der Waals surface area contributed by atoms with Crippen LogP contribution in [-0.4, -0.2) is 45.4 Å². The van der Waals surface area contributed by atoms with Crippen molar-refractivity contribution in [3.63, 3.8) is 0 Å². The fraction of sp³-hybridized carbons (Fsp3) is 0.158. The van der Waals surface area contributed by atoms with Crippen LogP contribution >= 0.6 is 0 Å². The molecule has 0 aliphatic rings. The molecular formula is C19H20N4O4S2. The Morgan fingerprint density at radius 1 is 0.862 bits per heavy atom. The van der Waals surface area contributed by atoms with Crippen LogP contribution in [0.4, 0.5) is 17.5 Å². The van der Waals surface area contributed by atoms with E-state index in [1.807, 2.05) is 0 Å². The quantitative estimate of drug-likeness (QED) is 0.557. The summed E-state index contributed by atoms with van der Waals surface area (Å²) in [7, 11) is -7.06. The second kappa shape index (κ2) is 8.58. The number of pyridine rings is 2. The third kappa shape index (κ3) is 5.52.